The van der Waals surface area contributed by atoms with Crippen molar-refractivity contribution in [3.63, 3.8) is 0 Å². The molecule has 1 amide bonds. The van der Waals surface area contributed by atoms with Crippen molar-refractivity contribution in [1.29, 1.82) is 0 Å². The van der Waals surface area contributed by atoms with Gasteiger partial charge in [-0.05, 0) is 33.8 Å². The molecule has 3 heteroatoms. The van der Waals surface area contributed by atoms with E-state index in [0.29, 0.717) is 5.54 Å². The summed E-state index contributed by atoms with van der Waals surface area (Å²) in [7, 11) is 2.36. The first-order valence-corrected chi connectivity index (χ1v) is 8.58. The fourth-order valence-corrected chi connectivity index (χ4v) is 4.41. The van der Waals surface area contributed by atoms with Crippen LogP contribution in [0, 0.1) is 11.8 Å². The van der Waals surface area contributed by atoms with Crippen molar-refractivity contribution in [2.45, 2.75) is 53.5 Å². The summed E-state index contributed by atoms with van der Waals surface area (Å²) in [5.74, 6) is 0.978. The topological polar surface area (TPSA) is 20.3 Å². The van der Waals surface area contributed by atoms with Gasteiger partial charge in [-0.1, -0.05) is 25.5 Å². The summed E-state index contributed by atoms with van der Waals surface area (Å²) in [4.78, 5) is 14.7. The monoisotopic (exact) mass is 305 g/mol. The van der Waals surface area contributed by atoms with Crippen LogP contribution in [-0.4, -0.2) is 47.5 Å². The van der Waals surface area contributed by atoms with Gasteiger partial charge in [-0.2, -0.15) is 0 Å². The molecule has 0 aromatic rings. The Balaban J connectivity index is 2.14. The smallest absolute Gasteiger partial charge is 0.233 e. The van der Waals surface area contributed by atoms with Crippen molar-refractivity contribution in [2.75, 3.05) is 26.7 Å². The second-order valence-electron chi connectivity index (χ2n) is 8.40. The fraction of sp³-hybridized carbons (Fsp3) is 0.737. The number of hydrogen-bond acceptors (Lipinski definition) is 1. The Labute approximate surface area is 136 Å². The molecule has 0 radical (unpaired) electrons. The van der Waals surface area contributed by atoms with E-state index in [2.05, 4.69) is 53.8 Å². The number of carbonyl (C=O) groups is 1. The Kier molecular flexibility index (Phi) is 4.59. The van der Waals surface area contributed by atoms with E-state index in [4.69, 9.17) is 0 Å². The van der Waals surface area contributed by atoms with Crippen LogP contribution in [0.4, 0.5) is 0 Å². The molecule has 2 aliphatic rings. The van der Waals surface area contributed by atoms with Crippen LogP contribution >= 0.6 is 0 Å². The molecule has 0 spiro atoms. The van der Waals surface area contributed by atoms with Gasteiger partial charge in [0.05, 0.1) is 38.1 Å². The van der Waals surface area contributed by atoms with Gasteiger partial charge in [0.1, 0.15) is 0 Å². The number of rotatable bonds is 3. The van der Waals surface area contributed by atoms with Crippen molar-refractivity contribution in [3.8, 4) is 0 Å². The number of allylic oxidation sites excluding steroid dienone is 3. The van der Waals surface area contributed by atoms with Crippen molar-refractivity contribution < 1.29 is 9.28 Å². The summed E-state index contributed by atoms with van der Waals surface area (Å²) >= 11 is 0. The highest BCUT2D eigenvalue weighted by Crippen LogP contribution is 2.38. The predicted octanol–water partition coefficient (Wildman–Crippen LogP) is 3.58. The Morgan fingerprint density at radius 3 is 2.50 bits per heavy atom. The lowest BCUT2D eigenvalue weighted by molar-refractivity contribution is -0.942. The van der Waals surface area contributed by atoms with E-state index < -0.39 is 0 Å². The molecule has 1 saturated heterocycles. The van der Waals surface area contributed by atoms with Gasteiger partial charge < -0.3 is 9.38 Å². The van der Waals surface area contributed by atoms with Crippen molar-refractivity contribution in [1.82, 2.24) is 4.90 Å². The Morgan fingerprint density at radius 2 is 1.95 bits per heavy atom. The average molecular weight is 305 g/mol. The number of nitrogens with zero attached hydrogens (tertiary/aromatic N) is 2. The third kappa shape index (κ3) is 3.15. The van der Waals surface area contributed by atoms with Crippen LogP contribution in [0.15, 0.2) is 23.4 Å². The maximum atomic E-state index is 12.7. The van der Waals surface area contributed by atoms with E-state index in [1.165, 1.54) is 18.5 Å². The zero-order chi connectivity index (χ0) is 16.7. The van der Waals surface area contributed by atoms with Crippen molar-refractivity contribution in [3.05, 3.63) is 23.4 Å². The van der Waals surface area contributed by atoms with Crippen LogP contribution in [0.5, 0.6) is 0 Å². The van der Waals surface area contributed by atoms with E-state index in [1.807, 2.05) is 11.8 Å². The molecular formula is C19H33N2O+. The predicted molar refractivity (Wildman–Crippen MR) is 92.2 cm³/mol. The van der Waals surface area contributed by atoms with Crippen LogP contribution in [0.2, 0.25) is 0 Å². The minimum Gasteiger partial charge on any atom is -0.320 e. The lowest BCUT2D eigenvalue weighted by Crippen LogP contribution is -2.57. The van der Waals surface area contributed by atoms with E-state index >= 15 is 0 Å². The van der Waals surface area contributed by atoms with Gasteiger partial charge in [0.2, 0.25) is 5.91 Å². The van der Waals surface area contributed by atoms with E-state index in [9.17, 15) is 4.79 Å². The molecule has 0 aliphatic carbocycles. The molecular weight excluding hydrogens is 272 g/mol. The minimum absolute atomic E-state index is 0.0236. The molecule has 2 rings (SSSR count). The van der Waals surface area contributed by atoms with Gasteiger partial charge in [-0.15, -0.1) is 0 Å². The molecule has 3 atom stereocenters. The molecule has 22 heavy (non-hydrogen) atoms. The molecule has 3 nitrogen and oxygen atoms in total. The maximum absolute atomic E-state index is 12.7. The minimum atomic E-state index is -0.0236. The van der Waals surface area contributed by atoms with E-state index in [-0.39, 0.29) is 11.8 Å². The molecule has 124 valence electrons. The van der Waals surface area contributed by atoms with Gasteiger partial charge in [0, 0.05) is 18.0 Å². The van der Waals surface area contributed by atoms with Crippen LogP contribution in [0.25, 0.3) is 0 Å². The number of likely N-dealkylation sites (tertiary alicyclic amines) is 1. The SMILES string of the molecule is CC1=C[C@H](C)C(=O)N(CC[N@+]2(C)C[C@H](C)CC2(C)C)C(C)=C1. The first kappa shape index (κ1) is 17.3. The van der Waals surface area contributed by atoms with Gasteiger partial charge in [-0.3, -0.25) is 4.79 Å². The number of likely N-dealkylation sites (N-methyl/N-ethyl adjacent to an activating group) is 1. The third-order valence-corrected chi connectivity index (χ3v) is 5.87. The molecule has 0 saturated carbocycles. The molecule has 0 aromatic heterocycles. The highest BCUT2D eigenvalue weighted by atomic mass is 16.2. The summed E-state index contributed by atoms with van der Waals surface area (Å²) in [6.45, 7) is 16.3. The first-order chi connectivity index (χ1) is 10.1. The molecule has 2 aliphatic heterocycles. The van der Waals surface area contributed by atoms with Crippen LogP contribution in [0.1, 0.15) is 48.0 Å². The van der Waals surface area contributed by atoms with Gasteiger partial charge in [0.15, 0.2) is 0 Å². The second-order valence-corrected chi connectivity index (χ2v) is 8.40. The van der Waals surface area contributed by atoms with Crippen molar-refractivity contribution >= 4 is 5.91 Å². The molecule has 0 N–H and O–H groups in total. The highest BCUT2D eigenvalue weighted by Gasteiger charge is 2.48. The lowest BCUT2D eigenvalue weighted by Gasteiger charge is -2.43. The summed E-state index contributed by atoms with van der Waals surface area (Å²) < 4.78 is 1.06. The summed E-state index contributed by atoms with van der Waals surface area (Å²) in [6.07, 6.45) is 5.48. The average Bonchev–Trinajstić information content (AvgIpc) is 2.50. The molecule has 2 heterocycles. The normalized spacial score (nSPS) is 35.2. The van der Waals surface area contributed by atoms with Gasteiger partial charge in [-0.25, -0.2) is 0 Å². The second kappa shape index (κ2) is 5.84. The Hall–Kier alpha value is -1.09. The third-order valence-electron chi connectivity index (χ3n) is 5.87. The molecule has 0 aromatic carbocycles. The maximum Gasteiger partial charge on any atom is 0.233 e. The highest BCUT2D eigenvalue weighted by molar-refractivity contribution is 5.82. The summed E-state index contributed by atoms with van der Waals surface area (Å²) in [5, 5.41) is 0. The molecule has 1 fully saturated rings. The quantitative estimate of drug-likeness (QED) is 0.730. The zero-order valence-electron chi connectivity index (χ0n) is 15.4. The molecule has 0 unspecified atom stereocenters. The van der Waals surface area contributed by atoms with Crippen LogP contribution in [0.3, 0.4) is 0 Å². The zero-order valence-corrected chi connectivity index (χ0v) is 15.4. The number of quaternary nitrogens is 1. The molecule has 0 bridgehead atoms. The van der Waals surface area contributed by atoms with Crippen LogP contribution < -0.4 is 0 Å². The fourth-order valence-electron chi connectivity index (χ4n) is 4.41. The number of carbonyl (C=O) groups excluding carboxylic acids is 1. The van der Waals surface area contributed by atoms with Gasteiger partial charge >= 0.3 is 0 Å². The van der Waals surface area contributed by atoms with Gasteiger partial charge in [0.25, 0.3) is 0 Å². The summed E-state index contributed by atoms with van der Waals surface area (Å²) in [6, 6.07) is 0. The largest absolute Gasteiger partial charge is 0.320 e. The Bertz CT molecular complexity index is 518. The standard InChI is InChI=1S/C19H33N2O/c1-14-10-16(3)18(22)20(17(4)11-14)8-9-21(7)13-15(2)12-19(21,5)6/h10-11,15-16H,8-9,12-13H2,1-7H3/q+1/t15-,16+,21-/m1/s1. The van der Waals surface area contributed by atoms with Crippen molar-refractivity contribution in [2.24, 2.45) is 11.8 Å². The van der Waals surface area contributed by atoms with E-state index in [0.717, 1.165) is 29.2 Å². The number of hydrogen-bond donors (Lipinski definition) is 0. The summed E-state index contributed by atoms with van der Waals surface area (Å²) in [5.41, 5.74) is 2.57. The van der Waals surface area contributed by atoms with E-state index in [1.54, 1.807) is 0 Å². The lowest BCUT2D eigenvalue weighted by atomic mass is 9.96. The van der Waals surface area contributed by atoms with Crippen LogP contribution in [-0.2, 0) is 4.79 Å². The first-order valence-electron chi connectivity index (χ1n) is 8.58. The Morgan fingerprint density at radius 1 is 1.32 bits per heavy atom. The number of amides is 1.